The Morgan fingerprint density at radius 1 is 1.03 bits per heavy atom. The molecule has 35 heavy (non-hydrogen) atoms. The van der Waals surface area contributed by atoms with Gasteiger partial charge in [-0.2, -0.15) is 5.10 Å². The second-order valence-corrected chi connectivity index (χ2v) is 8.89. The van der Waals surface area contributed by atoms with Gasteiger partial charge >= 0.3 is 12.1 Å². The molecule has 1 aliphatic carbocycles. The van der Waals surface area contributed by atoms with Crippen molar-refractivity contribution in [3.63, 3.8) is 0 Å². The number of likely N-dealkylation sites (tertiary alicyclic amines) is 1. The first-order chi connectivity index (χ1) is 16.9. The third kappa shape index (κ3) is 4.37. The average Bonchev–Trinajstić information content (AvgIpc) is 3.40. The Bertz CT molecular complexity index is 1250. The molecule has 5 rings (SSSR count). The number of aromatic nitrogens is 2. The predicted octanol–water partition coefficient (Wildman–Crippen LogP) is 3.72. The molecule has 0 atom stereocenters. The minimum Gasteiger partial charge on any atom is -0.481 e. The van der Waals surface area contributed by atoms with Crippen LogP contribution < -0.4 is 5.32 Å². The van der Waals surface area contributed by atoms with Gasteiger partial charge in [-0.1, -0.05) is 48.5 Å². The van der Waals surface area contributed by atoms with Crippen molar-refractivity contribution in [3.8, 4) is 11.1 Å². The zero-order valence-electron chi connectivity index (χ0n) is 19.3. The van der Waals surface area contributed by atoms with Gasteiger partial charge in [-0.05, 0) is 35.1 Å². The molecule has 180 valence electrons. The second kappa shape index (κ2) is 9.25. The Morgan fingerprint density at radius 2 is 1.63 bits per heavy atom. The molecule has 2 aromatic carbocycles. The van der Waals surface area contributed by atoms with E-state index < -0.39 is 18.0 Å². The summed E-state index contributed by atoms with van der Waals surface area (Å²) in [5.41, 5.74) is 4.75. The molecule has 0 saturated carbocycles. The van der Waals surface area contributed by atoms with E-state index in [9.17, 15) is 14.4 Å². The molecule has 0 bridgehead atoms. The zero-order valence-corrected chi connectivity index (χ0v) is 19.3. The highest BCUT2D eigenvalue weighted by Gasteiger charge is 2.30. The van der Waals surface area contributed by atoms with E-state index in [1.165, 1.54) is 10.7 Å². The smallest absolute Gasteiger partial charge is 0.412 e. The monoisotopic (exact) mass is 474 g/mol. The van der Waals surface area contributed by atoms with Gasteiger partial charge in [0.15, 0.2) is 5.69 Å². The summed E-state index contributed by atoms with van der Waals surface area (Å²) in [5, 5.41) is 16.0. The molecular weight excluding hydrogens is 448 g/mol. The van der Waals surface area contributed by atoms with Gasteiger partial charge in [-0.15, -0.1) is 0 Å². The Kier molecular flexibility index (Phi) is 5.98. The molecule has 2 amide bonds. The minimum atomic E-state index is -0.829. The molecule has 3 aromatic rings. The van der Waals surface area contributed by atoms with Crippen molar-refractivity contribution in [2.24, 2.45) is 13.0 Å². The van der Waals surface area contributed by atoms with Crippen LogP contribution in [0.25, 0.3) is 11.1 Å². The predicted molar refractivity (Wildman–Crippen MR) is 128 cm³/mol. The van der Waals surface area contributed by atoms with Crippen molar-refractivity contribution in [1.29, 1.82) is 0 Å². The second-order valence-electron chi connectivity index (χ2n) is 8.89. The number of carboxylic acid groups (broad SMARTS) is 1. The van der Waals surface area contributed by atoms with Crippen LogP contribution in [0.4, 0.5) is 10.6 Å². The number of anilines is 1. The number of aliphatic carboxylic acids is 1. The Morgan fingerprint density at radius 3 is 2.23 bits per heavy atom. The quantitative estimate of drug-likeness (QED) is 0.583. The largest absolute Gasteiger partial charge is 0.481 e. The van der Waals surface area contributed by atoms with E-state index >= 15 is 0 Å². The molecule has 1 fully saturated rings. The lowest BCUT2D eigenvalue weighted by molar-refractivity contribution is -0.143. The van der Waals surface area contributed by atoms with Gasteiger partial charge in [0.25, 0.3) is 5.91 Å². The van der Waals surface area contributed by atoms with Crippen molar-refractivity contribution in [2.75, 3.05) is 25.0 Å². The first kappa shape index (κ1) is 22.6. The maximum absolute atomic E-state index is 12.8. The van der Waals surface area contributed by atoms with Crippen molar-refractivity contribution >= 4 is 23.8 Å². The summed E-state index contributed by atoms with van der Waals surface area (Å²) in [6.45, 7) is 0.908. The first-order valence-corrected chi connectivity index (χ1v) is 11.6. The van der Waals surface area contributed by atoms with E-state index in [1.807, 2.05) is 24.3 Å². The van der Waals surface area contributed by atoms with Gasteiger partial charge in [0, 0.05) is 32.1 Å². The fourth-order valence-corrected chi connectivity index (χ4v) is 4.92. The summed E-state index contributed by atoms with van der Waals surface area (Å²) in [6.07, 6.45) is 0.202. The molecule has 0 spiro atoms. The summed E-state index contributed by atoms with van der Waals surface area (Å²) >= 11 is 0. The van der Waals surface area contributed by atoms with Crippen LogP contribution in [0.3, 0.4) is 0 Å². The number of piperidine rings is 1. The fraction of sp³-hybridized carbons (Fsp3) is 0.308. The highest BCUT2D eigenvalue weighted by molar-refractivity contribution is 5.94. The Labute approximate surface area is 202 Å². The number of ether oxygens (including phenoxy) is 1. The molecule has 0 unspecified atom stereocenters. The topological polar surface area (TPSA) is 114 Å². The lowest BCUT2D eigenvalue weighted by atomic mass is 9.97. The van der Waals surface area contributed by atoms with E-state index in [4.69, 9.17) is 9.84 Å². The summed E-state index contributed by atoms with van der Waals surface area (Å²) < 4.78 is 6.99. The minimum absolute atomic E-state index is 0.0504. The molecule has 1 aliphatic heterocycles. The van der Waals surface area contributed by atoms with Crippen LogP contribution >= 0.6 is 0 Å². The van der Waals surface area contributed by atoms with Gasteiger partial charge in [0.1, 0.15) is 12.4 Å². The van der Waals surface area contributed by atoms with Gasteiger partial charge < -0.3 is 14.7 Å². The number of benzene rings is 2. The number of rotatable bonds is 5. The lowest BCUT2D eigenvalue weighted by Gasteiger charge is -2.29. The van der Waals surface area contributed by atoms with E-state index in [-0.39, 0.29) is 24.1 Å². The van der Waals surface area contributed by atoms with E-state index in [0.717, 1.165) is 22.3 Å². The number of carbonyl (C=O) groups excluding carboxylic acids is 2. The number of hydrogen-bond donors (Lipinski definition) is 2. The average molecular weight is 475 g/mol. The van der Waals surface area contributed by atoms with Crippen LogP contribution in [0.5, 0.6) is 0 Å². The summed E-state index contributed by atoms with van der Waals surface area (Å²) in [6, 6.07) is 17.7. The standard InChI is InChI=1S/C26H26N4O5/c1-29-23(14-22(28-29)24(31)30-12-10-16(11-13-30)25(32)33)27-26(34)35-15-21-19-8-4-2-6-17(19)18-7-3-5-9-20(18)21/h2-9,14,16,21H,10-13,15H2,1H3,(H,27,34)(H,32,33). The summed E-state index contributed by atoms with van der Waals surface area (Å²) in [4.78, 5) is 38.2. The number of carboxylic acids is 1. The maximum atomic E-state index is 12.8. The van der Waals surface area contributed by atoms with Crippen LogP contribution in [-0.2, 0) is 16.6 Å². The van der Waals surface area contributed by atoms with E-state index in [1.54, 1.807) is 11.9 Å². The molecule has 2 aliphatic rings. The van der Waals surface area contributed by atoms with Gasteiger partial charge in [0.05, 0.1) is 5.92 Å². The van der Waals surface area contributed by atoms with Crippen LogP contribution in [0, 0.1) is 5.92 Å². The fourth-order valence-electron chi connectivity index (χ4n) is 4.92. The molecular formula is C26H26N4O5. The first-order valence-electron chi connectivity index (χ1n) is 11.6. The van der Waals surface area contributed by atoms with Crippen LogP contribution in [0.2, 0.25) is 0 Å². The number of nitrogens with one attached hydrogen (secondary N) is 1. The van der Waals surface area contributed by atoms with E-state index in [0.29, 0.717) is 31.7 Å². The number of aryl methyl sites for hydroxylation is 1. The molecule has 2 heterocycles. The number of hydrogen-bond acceptors (Lipinski definition) is 5. The van der Waals surface area contributed by atoms with Crippen molar-refractivity contribution < 1.29 is 24.2 Å². The lowest BCUT2D eigenvalue weighted by Crippen LogP contribution is -2.40. The summed E-state index contributed by atoms with van der Waals surface area (Å²) in [7, 11) is 1.63. The highest BCUT2D eigenvalue weighted by atomic mass is 16.5. The number of nitrogens with zero attached hydrogens (tertiary/aromatic N) is 3. The van der Waals surface area contributed by atoms with Gasteiger partial charge in [-0.3, -0.25) is 19.6 Å². The molecule has 2 N–H and O–H groups in total. The molecule has 9 heteroatoms. The van der Waals surface area contributed by atoms with Crippen molar-refractivity contribution in [3.05, 3.63) is 71.4 Å². The van der Waals surface area contributed by atoms with Crippen LogP contribution in [0.15, 0.2) is 54.6 Å². The van der Waals surface area contributed by atoms with Crippen molar-refractivity contribution in [2.45, 2.75) is 18.8 Å². The number of fused-ring (bicyclic) bond motifs is 3. The number of amides is 2. The highest BCUT2D eigenvalue weighted by Crippen LogP contribution is 2.44. The third-order valence-electron chi connectivity index (χ3n) is 6.80. The van der Waals surface area contributed by atoms with Crippen LogP contribution in [0.1, 0.15) is 40.4 Å². The maximum Gasteiger partial charge on any atom is 0.412 e. The molecule has 1 aromatic heterocycles. The normalized spacial score (nSPS) is 15.4. The Balaban J connectivity index is 1.22. The molecule has 9 nitrogen and oxygen atoms in total. The van der Waals surface area contributed by atoms with Gasteiger partial charge in [0.2, 0.25) is 0 Å². The zero-order chi connectivity index (χ0) is 24.5. The molecule has 1 saturated heterocycles. The number of carbonyl (C=O) groups is 3. The van der Waals surface area contributed by atoms with Gasteiger partial charge in [-0.25, -0.2) is 4.79 Å². The van der Waals surface area contributed by atoms with E-state index in [2.05, 4.69) is 34.7 Å². The summed E-state index contributed by atoms with van der Waals surface area (Å²) in [5.74, 6) is -1.25. The Hall–Kier alpha value is -4.14. The van der Waals surface area contributed by atoms with Crippen molar-refractivity contribution in [1.82, 2.24) is 14.7 Å². The SMILES string of the molecule is Cn1nc(C(=O)N2CCC(C(=O)O)CC2)cc1NC(=O)OCC1c2ccccc2-c2ccccc21. The molecule has 0 radical (unpaired) electrons. The van der Waals surface area contributed by atoms with Crippen LogP contribution in [-0.4, -0.2) is 57.5 Å². The third-order valence-corrected chi connectivity index (χ3v) is 6.80.